The van der Waals surface area contributed by atoms with E-state index in [-0.39, 0.29) is 5.91 Å². The van der Waals surface area contributed by atoms with E-state index in [0.29, 0.717) is 0 Å². The maximum atomic E-state index is 11.4. The van der Waals surface area contributed by atoms with E-state index in [4.69, 9.17) is 0 Å². The van der Waals surface area contributed by atoms with Crippen molar-refractivity contribution in [2.24, 2.45) is 0 Å². The third kappa shape index (κ3) is 2.21. The zero-order valence-corrected chi connectivity index (χ0v) is 10.3. The summed E-state index contributed by atoms with van der Waals surface area (Å²) in [5.41, 5.74) is 1.71. The van der Waals surface area contributed by atoms with Crippen LogP contribution < -0.4 is 5.32 Å². The maximum absolute atomic E-state index is 11.4. The molecule has 2 nitrogen and oxygen atoms in total. The van der Waals surface area contributed by atoms with Gasteiger partial charge in [-0.25, -0.2) is 0 Å². The van der Waals surface area contributed by atoms with Crippen molar-refractivity contribution in [2.45, 2.75) is 13.8 Å². The Balaban J connectivity index is 0.000000330. The lowest BCUT2D eigenvalue weighted by atomic mass is 10.1. The molecule has 1 amide bonds. The second kappa shape index (κ2) is 5.85. The summed E-state index contributed by atoms with van der Waals surface area (Å²) in [4.78, 5) is 11.4. The quantitative estimate of drug-likeness (QED) is 0.670. The number of hydrogen-bond donors (Lipinski definition) is 1. The molecule has 88 valence electrons. The first-order chi connectivity index (χ1) is 8.36. The van der Waals surface area contributed by atoms with Crippen LogP contribution in [0.4, 0.5) is 5.69 Å². The van der Waals surface area contributed by atoms with Gasteiger partial charge in [0.2, 0.25) is 0 Å². The van der Waals surface area contributed by atoms with E-state index in [1.807, 2.05) is 50.2 Å². The molecule has 2 aromatic rings. The lowest BCUT2D eigenvalue weighted by Crippen LogP contribution is -2.03. The fourth-order valence-corrected chi connectivity index (χ4v) is 1.82. The standard InChI is InChI=1S/C11H7NO.C2H6.C2H4/c13-11-8-5-1-3-7-4-2-6-9(12-11)10(7)8;2*1-2/h1-6H,(H,12,13);1-2H3;1-2H2. The molecule has 2 heteroatoms. The highest BCUT2D eigenvalue weighted by atomic mass is 16.1. The minimum absolute atomic E-state index is 0.00630. The van der Waals surface area contributed by atoms with Gasteiger partial charge in [-0.05, 0) is 17.5 Å². The minimum atomic E-state index is 0.00630. The molecule has 1 aliphatic heterocycles. The molecular weight excluding hydrogens is 210 g/mol. The monoisotopic (exact) mass is 227 g/mol. The van der Waals surface area contributed by atoms with Crippen molar-refractivity contribution in [3.05, 3.63) is 55.1 Å². The average molecular weight is 227 g/mol. The summed E-state index contributed by atoms with van der Waals surface area (Å²) in [5, 5.41) is 5.00. The average Bonchev–Trinajstić information content (AvgIpc) is 2.74. The molecule has 0 spiro atoms. The van der Waals surface area contributed by atoms with Crippen molar-refractivity contribution in [1.82, 2.24) is 0 Å². The third-order valence-corrected chi connectivity index (χ3v) is 2.40. The van der Waals surface area contributed by atoms with Gasteiger partial charge in [-0.3, -0.25) is 4.79 Å². The van der Waals surface area contributed by atoms with Crippen LogP contribution in [0.2, 0.25) is 0 Å². The molecule has 3 rings (SSSR count). The predicted molar refractivity (Wildman–Crippen MR) is 74.5 cm³/mol. The number of hydrogen-bond acceptors (Lipinski definition) is 1. The van der Waals surface area contributed by atoms with Crippen molar-refractivity contribution in [3.63, 3.8) is 0 Å². The van der Waals surface area contributed by atoms with Gasteiger partial charge in [0.05, 0.1) is 0 Å². The van der Waals surface area contributed by atoms with Gasteiger partial charge < -0.3 is 5.32 Å². The molecule has 0 unspecified atom stereocenters. The maximum Gasteiger partial charge on any atom is 0.256 e. The SMILES string of the molecule is C=C.CC.O=C1Nc2cccc3cccc1c23. The summed E-state index contributed by atoms with van der Waals surface area (Å²) in [5.74, 6) is 0.00630. The first-order valence-corrected chi connectivity index (χ1v) is 5.69. The predicted octanol–water partition coefficient (Wildman–Crippen LogP) is 4.23. The Morgan fingerprint density at radius 2 is 1.59 bits per heavy atom. The number of amides is 1. The largest absolute Gasteiger partial charge is 0.321 e. The summed E-state index contributed by atoms with van der Waals surface area (Å²) in [6, 6.07) is 11.7. The fraction of sp³-hybridized carbons (Fsp3) is 0.133. The van der Waals surface area contributed by atoms with Crippen molar-refractivity contribution in [1.29, 1.82) is 0 Å². The van der Waals surface area contributed by atoms with Gasteiger partial charge in [0.15, 0.2) is 0 Å². The normalized spacial score (nSPS) is 10.8. The van der Waals surface area contributed by atoms with E-state index < -0.39 is 0 Å². The molecular formula is C15H17NO. The van der Waals surface area contributed by atoms with Crippen LogP contribution in [0.1, 0.15) is 24.2 Å². The first kappa shape index (κ1) is 13.0. The van der Waals surface area contributed by atoms with E-state index >= 15 is 0 Å². The molecule has 1 heterocycles. The van der Waals surface area contributed by atoms with Crippen molar-refractivity contribution >= 4 is 22.4 Å². The van der Waals surface area contributed by atoms with Crippen LogP contribution in [0, 0.1) is 0 Å². The van der Waals surface area contributed by atoms with Crippen molar-refractivity contribution in [3.8, 4) is 0 Å². The second-order valence-corrected chi connectivity index (χ2v) is 3.16. The molecule has 0 fully saturated rings. The molecule has 17 heavy (non-hydrogen) atoms. The molecule has 0 aliphatic carbocycles. The molecule has 2 aromatic carbocycles. The zero-order chi connectivity index (χ0) is 12.8. The van der Waals surface area contributed by atoms with Crippen molar-refractivity contribution in [2.75, 3.05) is 5.32 Å². The topological polar surface area (TPSA) is 29.1 Å². The van der Waals surface area contributed by atoms with Crippen LogP contribution in [0.5, 0.6) is 0 Å². The zero-order valence-electron chi connectivity index (χ0n) is 10.3. The summed E-state index contributed by atoms with van der Waals surface area (Å²) < 4.78 is 0. The minimum Gasteiger partial charge on any atom is -0.321 e. The van der Waals surface area contributed by atoms with Crippen LogP contribution in [0.25, 0.3) is 10.8 Å². The molecule has 0 atom stereocenters. The molecule has 0 aromatic heterocycles. The van der Waals surface area contributed by atoms with Crippen LogP contribution in [0.15, 0.2) is 49.6 Å². The molecule has 1 aliphatic rings. The number of carbonyl (C=O) groups excluding carboxylic acids is 1. The highest BCUT2D eigenvalue weighted by Crippen LogP contribution is 2.32. The van der Waals surface area contributed by atoms with E-state index in [1.165, 1.54) is 0 Å². The highest BCUT2D eigenvalue weighted by Gasteiger charge is 2.19. The molecule has 0 bridgehead atoms. The lowest BCUT2D eigenvalue weighted by molar-refractivity contribution is 0.103. The number of carbonyl (C=O) groups is 1. The van der Waals surface area contributed by atoms with Crippen LogP contribution >= 0.6 is 0 Å². The Kier molecular flexibility index (Phi) is 4.46. The lowest BCUT2D eigenvalue weighted by Gasteiger charge is -1.97. The highest BCUT2D eigenvalue weighted by molar-refractivity contribution is 6.23. The van der Waals surface area contributed by atoms with Gasteiger partial charge in [0.25, 0.3) is 5.91 Å². The Labute approximate surface area is 102 Å². The molecule has 0 saturated heterocycles. The summed E-state index contributed by atoms with van der Waals surface area (Å²) in [6.45, 7) is 10.0. The van der Waals surface area contributed by atoms with E-state index in [2.05, 4.69) is 18.5 Å². The number of anilines is 1. The molecule has 1 N–H and O–H groups in total. The second-order valence-electron chi connectivity index (χ2n) is 3.16. The third-order valence-electron chi connectivity index (χ3n) is 2.40. The summed E-state index contributed by atoms with van der Waals surface area (Å²) in [6.07, 6.45) is 0. The van der Waals surface area contributed by atoms with Crippen LogP contribution in [-0.4, -0.2) is 5.91 Å². The number of rotatable bonds is 0. The van der Waals surface area contributed by atoms with E-state index in [9.17, 15) is 4.79 Å². The Bertz CT molecular complexity index is 526. The number of benzene rings is 2. The Morgan fingerprint density at radius 3 is 2.24 bits per heavy atom. The number of nitrogens with one attached hydrogen (secondary N) is 1. The van der Waals surface area contributed by atoms with Gasteiger partial charge in [0, 0.05) is 16.6 Å². The fourth-order valence-electron chi connectivity index (χ4n) is 1.82. The van der Waals surface area contributed by atoms with Gasteiger partial charge in [-0.15, -0.1) is 13.2 Å². The summed E-state index contributed by atoms with van der Waals surface area (Å²) >= 11 is 0. The Morgan fingerprint density at radius 1 is 1.00 bits per heavy atom. The smallest absolute Gasteiger partial charge is 0.256 e. The molecule has 0 saturated carbocycles. The molecule has 0 radical (unpaired) electrons. The van der Waals surface area contributed by atoms with Gasteiger partial charge in [-0.2, -0.15) is 0 Å². The van der Waals surface area contributed by atoms with E-state index in [0.717, 1.165) is 22.0 Å². The van der Waals surface area contributed by atoms with Gasteiger partial charge >= 0.3 is 0 Å². The Hall–Kier alpha value is -2.09. The van der Waals surface area contributed by atoms with E-state index in [1.54, 1.807) is 0 Å². The first-order valence-electron chi connectivity index (χ1n) is 5.69. The van der Waals surface area contributed by atoms with Gasteiger partial charge in [0.1, 0.15) is 0 Å². The van der Waals surface area contributed by atoms with Crippen molar-refractivity contribution < 1.29 is 4.79 Å². The van der Waals surface area contributed by atoms with Crippen LogP contribution in [-0.2, 0) is 0 Å². The van der Waals surface area contributed by atoms with Gasteiger partial charge in [-0.1, -0.05) is 38.1 Å². The van der Waals surface area contributed by atoms with Crippen LogP contribution in [0.3, 0.4) is 0 Å². The summed E-state index contributed by atoms with van der Waals surface area (Å²) in [7, 11) is 0.